The zero-order valence-corrected chi connectivity index (χ0v) is 13.0. The summed E-state index contributed by atoms with van der Waals surface area (Å²) >= 11 is 3.37. The highest BCUT2D eigenvalue weighted by molar-refractivity contribution is 9.10. The molecule has 106 valence electrons. The van der Waals surface area contributed by atoms with Crippen LogP contribution in [0.5, 0.6) is 0 Å². The van der Waals surface area contributed by atoms with Crippen LogP contribution in [0.3, 0.4) is 0 Å². The summed E-state index contributed by atoms with van der Waals surface area (Å²) in [5.41, 5.74) is 0.678. The van der Waals surface area contributed by atoms with Crippen molar-refractivity contribution in [3.8, 4) is 0 Å². The molecular formula is C14H21BrN2O2. The average molecular weight is 329 g/mol. The van der Waals surface area contributed by atoms with Gasteiger partial charge in [-0.2, -0.15) is 0 Å². The Balaban J connectivity index is 2.45. The number of hydrogen-bond acceptors (Lipinski definition) is 2. The summed E-state index contributed by atoms with van der Waals surface area (Å²) in [7, 11) is 0. The number of halogens is 1. The summed E-state index contributed by atoms with van der Waals surface area (Å²) < 4.78 is 1.02. The molecule has 0 aliphatic carbocycles. The fraction of sp³-hybridized carbons (Fsp3) is 0.500. The number of aliphatic hydroxyl groups is 1. The molecule has 0 aliphatic rings. The lowest BCUT2D eigenvalue weighted by molar-refractivity contribution is 0.200. The number of carbonyl (C=O) groups excluding carboxylic acids is 1. The number of amides is 2. The molecule has 0 spiro atoms. The van der Waals surface area contributed by atoms with Crippen LogP contribution < -0.4 is 10.6 Å². The molecule has 2 amide bonds. The summed E-state index contributed by atoms with van der Waals surface area (Å²) in [6.45, 7) is 4.47. The highest BCUT2D eigenvalue weighted by Gasteiger charge is 2.23. The Kier molecular flexibility index (Phi) is 6.31. The Morgan fingerprint density at radius 1 is 1.37 bits per heavy atom. The molecule has 0 fully saturated rings. The molecule has 4 nitrogen and oxygen atoms in total. The Labute approximate surface area is 122 Å². The third kappa shape index (κ3) is 5.61. The van der Waals surface area contributed by atoms with Gasteiger partial charge in [-0.3, -0.25) is 0 Å². The van der Waals surface area contributed by atoms with E-state index < -0.39 is 0 Å². The molecule has 1 aromatic carbocycles. The lowest BCUT2D eigenvalue weighted by Gasteiger charge is -2.29. The zero-order chi connectivity index (χ0) is 14.3. The van der Waals surface area contributed by atoms with E-state index in [2.05, 4.69) is 26.6 Å². The van der Waals surface area contributed by atoms with Crippen LogP contribution in [0.1, 0.15) is 32.3 Å². The van der Waals surface area contributed by atoms with E-state index >= 15 is 0 Å². The second kappa shape index (κ2) is 7.50. The summed E-state index contributed by atoms with van der Waals surface area (Å²) in [6, 6.07) is 7.59. The number of carbonyl (C=O) groups is 1. The highest BCUT2D eigenvalue weighted by atomic mass is 79.9. The van der Waals surface area contributed by atoms with Crippen LogP contribution in [0.4, 0.5) is 4.79 Å². The normalized spacial score (nSPS) is 13.7. The predicted octanol–water partition coefficient (Wildman–Crippen LogP) is 2.80. The number of benzene rings is 1. The number of nitrogens with one attached hydrogen (secondary N) is 2. The first-order valence-corrected chi connectivity index (χ1v) is 7.20. The van der Waals surface area contributed by atoms with Gasteiger partial charge in [0.15, 0.2) is 0 Å². The molecule has 0 saturated heterocycles. The third-order valence-electron chi connectivity index (χ3n) is 3.23. The maximum Gasteiger partial charge on any atom is 0.315 e. The van der Waals surface area contributed by atoms with E-state index in [-0.39, 0.29) is 18.2 Å². The van der Waals surface area contributed by atoms with E-state index in [1.807, 2.05) is 38.1 Å². The molecular weight excluding hydrogens is 308 g/mol. The van der Waals surface area contributed by atoms with Crippen molar-refractivity contribution in [2.45, 2.75) is 38.8 Å². The van der Waals surface area contributed by atoms with E-state index in [1.54, 1.807) is 0 Å². The molecule has 0 aromatic heterocycles. The van der Waals surface area contributed by atoms with Crippen molar-refractivity contribution < 1.29 is 9.90 Å². The van der Waals surface area contributed by atoms with Crippen LogP contribution in [-0.2, 0) is 6.54 Å². The second-order valence-corrected chi connectivity index (χ2v) is 5.74. The Morgan fingerprint density at radius 2 is 2.00 bits per heavy atom. The molecule has 0 bridgehead atoms. The quantitative estimate of drug-likeness (QED) is 0.752. The summed E-state index contributed by atoms with van der Waals surface area (Å²) in [6.07, 6.45) is 1.33. The molecule has 0 aliphatic heterocycles. The van der Waals surface area contributed by atoms with Gasteiger partial charge in [0.25, 0.3) is 0 Å². The van der Waals surface area contributed by atoms with Crippen molar-refractivity contribution in [3.05, 3.63) is 34.3 Å². The topological polar surface area (TPSA) is 61.4 Å². The first kappa shape index (κ1) is 16.0. The second-order valence-electron chi connectivity index (χ2n) is 4.82. The van der Waals surface area contributed by atoms with Crippen molar-refractivity contribution in [3.63, 3.8) is 0 Å². The minimum absolute atomic E-state index is 0.0668. The van der Waals surface area contributed by atoms with Gasteiger partial charge in [0.1, 0.15) is 0 Å². The van der Waals surface area contributed by atoms with Gasteiger partial charge in [-0.25, -0.2) is 4.79 Å². The Hall–Kier alpha value is -1.07. The van der Waals surface area contributed by atoms with Gasteiger partial charge in [0, 0.05) is 23.2 Å². The molecule has 0 radical (unpaired) electrons. The van der Waals surface area contributed by atoms with Crippen molar-refractivity contribution in [2.75, 3.05) is 6.61 Å². The monoisotopic (exact) mass is 328 g/mol. The minimum Gasteiger partial charge on any atom is -0.396 e. The van der Waals surface area contributed by atoms with E-state index in [4.69, 9.17) is 5.11 Å². The Morgan fingerprint density at radius 3 is 2.53 bits per heavy atom. The molecule has 1 rings (SSSR count). The first-order valence-electron chi connectivity index (χ1n) is 6.40. The van der Waals surface area contributed by atoms with Crippen LogP contribution in [0.2, 0.25) is 0 Å². The fourth-order valence-corrected chi connectivity index (χ4v) is 1.94. The van der Waals surface area contributed by atoms with Crippen LogP contribution in [0, 0.1) is 0 Å². The molecule has 1 aromatic rings. The standard InChI is InChI=1S/C14H21BrN2O2/c1-3-14(2,8-9-18)17-13(19)16-10-11-4-6-12(15)7-5-11/h4-7,18H,3,8-10H2,1-2H3,(H2,16,17,19). The largest absolute Gasteiger partial charge is 0.396 e. The van der Waals surface area contributed by atoms with Gasteiger partial charge >= 0.3 is 6.03 Å². The van der Waals surface area contributed by atoms with Crippen LogP contribution in [0.15, 0.2) is 28.7 Å². The number of urea groups is 1. The lowest BCUT2D eigenvalue weighted by atomic mass is 9.95. The Bertz CT molecular complexity index is 408. The molecule has 1 atom stereocenters. The highest BCUT2D eigenvalue weighted by Crippen LogP contribution is 2.13. The van der Waals surface area contributed by atoms with Gasteiger partial charge in [-0.1, -0.05) is 35.0 Å². The molecule has 5 heteroatoms. The summed E-state index contributed by atoms with van der Waals surface area (Å²) in [5, 5.41) is 14.7. The number of rotatable bonds is 6. The van der Waals surface area contributed by atoms with Gasteiger partial charge in [0.05, 0.1) is 0 Å². The van der Waals surface area contributed by atoms with E-state index in [9.17, 15) is 4.79 Å². The number of hydrogen-bond donors (Lipinski definition) is 3. The number of aliphatic hydroxyl groups excluding tert-OH is 1. The van der Waals surface area contributed by atoms with E-state index in [0.29, 0.717) is 13.0 Å². The molecule has 1 unspecified atom stereocenters. The zero-order valence-electron chi connectivity index (χ0n) is 11.4. The summed E-state index contributed by atoms with van der Waals surface area (Å²) in [5.74, 6) is 0. The predicted molar refractivity (Wildman–Crippen MR) is 79.9 cm³/mol. The maximum absolute atomic E-state index is 11.8. The van der Waals surface area contributed by atoms with Crippen LogP contribution in [0.25, 0.3) is 0 Å². The molecule has 0 heterocycles. The van der Waals surface area contributed by atoms with Crippen LogP contribution in [-0.4, -0.2) is 23.3 Å². The van der Waals surface area contributed by atoms with E-state index in [1.165, 1.54) is 0 Å². The van der Waals surface area contributed by atoms with Crippen molar-refractivity contribution in [1.29, 1.82) is 0 Å². The average Bonchev–Trinajstić information content (AvgIpc) is 2.38. The van der Waals surface area contributed by atoms with Gasteiger partial charge < -0.3 is 15.7 Å². The van der Waals surface area contributed by atoms with Gasteiger partial charge in [-0.15, -0.1) is 0 Å². The molecule has 3 N–H and O–H groups in total. The van der Waals surface area contributed by atoms with Gasteiger partial charge in [-0.05, 0) is 37.5 Å². The minimum atomic E-state index is -0.363. The van der Waals surface area contributed by atoms with Crippen molar-refractivity contribution >= 4 is 22.0 Å². The fourth-order valence-electron chi connectivity index (χ4n) is 1.68. The lowest BCUT2D eigenvalue weighted by Crippen LogP contribution is -2.50. The van der Waals surface area contributed by atoms with Crippen molar-refractivity contribution in [2.24, 2.45) is 0 Å². The maximum atomic E-state index is 11.8. The van der Waals surface area contributed by atoms with Crippen LogP contribution >= 0.6 is 15.9 Å². The van der Waals surface area contributed by atoms with Crippen molar-refractivity contribution in [1.82, 2.24) is 10.6 Å². The first-order chi connectivity index (χ1) is 8.99. The van der Waals surface area contributed by atoms with E-state index in [0.717, 1.165) is 16.5 Å². The molecule has 19 heavy (non-hydrogen) atoms. The summed E-state index contributed by atoms with van der Waals surface area (Å²) in [4.78, 5) is 11.8. The SMILES string of the molecule is CCC(C)(CCO)NC(=O)NCc1ccc(Br)cc1. The van der Waals surface area contributed by atoms with Gasteiger partial charge in [0.2, 0.25) is 0 Å². The third-order valence-corrected chi connectivity index (χ3v) is 3.75. The molecule has 0 saturated carbocycles. The smallest absolute Gasteiger partial charge is 0.315 e.